The van der Waals surface area contributed by atoms with E-state index in [1.54, 1.807) is 11.9 Å². The first-order valence-corrected chi connectivity index (χ1v) is 7.65. The quantitative estimate of drug-likeness (QED) is 0.723. The lowest BCUT2D eigenvalue weighted by Gasteiger charge is -2.31. The van der Waals surface area contributed by atoms with E-state index < -0.39 is 11.9 Å². The van der Waals surface area contributed by atoms with Crippen LogP contribution in [0.4, 0.5) is 0 Å². The van der Waals surface area contributed by atoms with E-state index in [-0.39, 0.29) is 11.8 Å². The van der Waals surface area contributed by atoms with Crippen molar-refractivity contribution in [2.75, 3.05) is 26.8 Å². The molecule has 0 spiro atoms. The molecule has 5 heteroatoms. The monoisotopic (exact) mass is 283 g/mol. The van der Waals surface area contributed by atoms with Gasteiger partial charge < -0.3 is 14.7 Å². The lowest BCUT2D eigenvalue weighted by molar-refractivity contribution is -0.152. The summed E-state index contributed by atoms with van der Waals surface area (Å²) in [5, 5.41) is 9.23. The molecule has 0 aromatic rings. The Balaban J connectivity index is 1.76. The fourth-order valence-corrected chi connectivity index (χ4v) is 2.85. The van der Waals surface area contributed by atoms with E-state index in [1.807, 2.05) is 0 Å². The molecule has 2 rings (SSSR count). The minimum absolute atomic E-state index is 0.0351. The summed E-state index contributed by atoms with van der Waals surface area (Å²) in [6.45, 7) is 1.89. The van der Waals surface area contributed by atoms with E-state index >= 15 is 0 Å². The normalized spacial score (nSPS) is 26.2. The number of carbonyl (C=O) groups is 2. The summed E-state index contributed by atoms with van der Waals surface area (Å²) in [4.78, 5) is 25.2. The molecule has 114 valence electrons. The summed E-state index contributed by atoms with van der Waals surface area (Å²) in [5.74, 6) is -1.000. The highest BCUT2D eigenvalue weighted by atomic mass is 16.5. The van der Waals surface area contributed by atoms with Crippen molar-refractivity contribution in [1.29, 1.82) is 0 Å². The topological polar surface area (TPSA) is 66.8 Å². The molecule has 2 aliphatic rings. The molecule has 0 saturated heterocycles. The number of aliphatic carboxylic acids is 1. The van der Waals surface area contributed by atoms with Gasteiger partial charge in [-0.3, -0.25) is 9.59 Å². The second-order valence-corrected chi connectivity index (χ2v) is 6.11. The van der Waals surface area contributed by atoms with Crippen LogP contribution < -0.4 is 0 Å². The number of ether oxygens (including phenoxy) is 1. The highest BCUT2D eigenvalue weighted by Gasteiger charge is 2.36. The van der Waals surface area contributed by atoms with Gasteiger partial charge >= 0.3 is 5.97 Å². The maximum absolute atomic E-state index is 12.4. The van der Waals surface area contributed by atoms with E-state index in [0.717, 1.165) is 25.4 Å². The fraction of sp³-hybridized carbons (Fsp3) is 0.867. The number of rotatable bonds is 7. The molecule has 2 saturated carbocycles. The van der Waals surface area contributed by atoms with Crippen LogP contribution in [0.25, 0.3) is 0 Å². The minimum Gasteiger partial charge on any atom is -0.481 e. The predicted molar refractivity (Wildman–Crippen MR) is 74.3 cm³/mol. The third-order valence-electron chi connectivity index (χ3n) is 4.40. The summed E-state index contributed by atoms with van der Waals surface area (Å²) in [6, 6.07) is 0. The van der Waals surface area contributed by atoms with Crippen molar-refractivity contribution in [2.45, 2.75) is 38.5 Å². The van der Waals surface area contributed by atoms with E-state index in [9.17, 15) is 14.7 Å². The van der Waals surface area contributed by atoms with Gasteiger partial charge in [0.1, 0.15) is 0 Å². The van der Waals surface area contributed by atoms with Crippen molar-refractivity contribution in [2.24, 2.45) is 17.8 Å². The highest BCUT2D eigenvalue weighted by Crippen LogP contribution is 2.31. The molecule has 2 atom stereocenters. The van der Waals surface area contributed by atoms with Gasteiger partial charge in [0, 0.05) is 20.2 Å². The van der Waals surface area contributed by atoms with Gasteiger partial charge in [0.05, 0.1) is 18.4 Å². The first kappa shape index (κ1) is 15.3. The zero-order valence-corrected chi connectivity index (χ0v) is 12.2. The molecule has 20 heavy (non-hydrogen) atoms. The van der Waals surface area contributed by atoms with Crippen LogP contribution >= 0.6 is 0 Å². The average molecular weight is 283 g/mol. The standard InChI is InChI=1S/C15H25NO4/c1-16(8-9-20-10-11-6-7-11)14(17)12-4-2-3-5-13(12)15(18)19/h11-13H,2-10H2,1H3,(H,18,19). The largest absolute Gasteiger partial charge is 0.481 e. The van der Waals surface area contributed by atoms with Gasteiger partial charge in [0.25, 0.3) is 0 Å². The Bertz CT molecular complexity index is 354. The van der Waals surface area contributed by atoms with Crippen LogP contribution in [0.5, 0.6) is 0 Å². The smallest absolute Gasteiger partial charge is 0.307 e. The van der Waals surface area contributed by atoms with Crippen molar-refractivity contribution in [1.82, 2.24) is 4.90 Å². The molecule has 2 aliphatic carbocycles. The van der Waals surface area contributed by atoms with E-state index in [4.69, 9.17) is 4.74 Å². The molecule has 2 unspecified atom stereocenters. The van der Waals surface area contributed by atoms with Gasteiger partial charge in [-0.15, -0.1) is 0 Å². The second-order valence-electron chi connectivity index (χ2n) is 6.11. The highest BCUT2D eigenvalue weighted by molar-refractivity contribution is 5.84. The molecule has 0 radical (unpaired) electrons. The number of carboxylic acid groups (broad SMARTS) is 1. The van der Waals surface area contributed by atoms with E-state index in [2.05, 4.69) is 0 Å². The van der Waals surface area contributed by atoms with Crippen molar-refractivity contribution < 1.29 is 19.4 Å². The molecule has 0 aromatic heterocycles. The van der Waals surface area contributed by atoms with Crippen LogP contribution in [0.15, 0.2) is 0 Å². The minimum atomic E-state index is -0.832. The van der Waals surface area contributed by atoms with Gasteiger partial charge in [-0.25, -0.2) is 0 Å². The third kappa shape index (κ3) is 4.20. The van der Waals surface area contributed by atoms with Crippen molar-refractivity contribution >= 4 is 11.9 Å². The van der Waals surface area contributed by atoms with Crippen LogP contribution in [0.2, 0.25) is 0 Å². The lowest BCUT2D eigenvalue weighted by Crippen LogP contribution is -2.41. The number of nitrogens with zero attached hydrogens (tertiary/aromatic N) is 1. The molecule has 0 bridgehead atoms. The average Bonchev–Trinajstić information content (AvgIpc) is 3.26. The summed E-state index contributed by atoms with van der Waals surface area (Å²) in [7, 11) is 1.75. The number of hydrogen-bond acceptors (Lipinski definition) is 3. The fourth-order valence-electron chi connectivity index (χ4n) is 2.85. The Hall–Kier alpha value is -1.10. The Kier molecular flexibility index (Phi) is 5.40. The zero-order valence-electron chi connectivity index (χ0n) is 12.2. The molecule has 1 amide bonds. The van der Waals surface area contributed by atoms with E-state index in [1.165, 1.54) is 12.8 Å². The van der Waals surface area contributed by atoms with Crippen molar-refractivity contribution in [3.8, 4) is 0 Å². The zero-order chi connectivity index (χ0) is 14.5. The SMILES string of the molecule is CN(CCOCC1CC1)C(=O)C1CCCCC1C(=O)O. The first-order chi connectivity index (χ1) is 9.59. The van der Waals surface area contributed by atoms with Crippen molar-refractivity contribution in [3.05, 3.63) is 0 Å². The Morgan fingerprint density at radius 2 is 1.80 bits per heavy atom. The van der Waals surface area contributed by atoms with Gasteiger partial charge in [-0.2, -0.15) is 0 Å². The number of hydrogen-bond donors (Lipinski definition) is 1. The number of carbonyl (C=O) groups excluding carboxylic acids is 1. The molecule has 2 fully saturated rings. The Morgan fingerprint density at radius 1 is 1.15 bits per heavy atom. The van der Waals surface area contributed by atoms with Gasteiger partial charge in [0.15, 0.2) is 0 Å². The van der Waals surface area contributed by atoms with Crippen LogP contribution in [0.3, 0.4) is 0 Å². The lowest BCUT2D eigenvalue weighted by atomic mass is 9.78. The van der Waals surface area contributed by atoms with E-state index in [0.29, 0.717) is 26.0 Å². The van der Waals surface area contributed by atoms with Crippen LogP contribution in [-0.4, -0.2) is 48.7 Å². The number of likely N-dealkylation sites (N-methyl/N-ethyl adjacent to an activating group) is 1. The predicted octanol–water partition coefficient (Wildman–Crippen LogP) is 1.76. The van der Waals surface area contributed by atoms with Gasteiger partial charge in [-0.1, -0.05) is 12.8 Å². The third-order valence-corrected chi connectivity index (χ3v) is 4.40. The Labute approximate surface area is 120 Å². The summed E-state index contributed by atoms with van der Waals surface area (Å²) in [5.41, 5.74) is 0. The van der Waals surface area contributed by atoms with Crippen LogP contribution in [0, 0.1) is 17.8 Å². The second kappa shape index (κ2) is 7.07. The van der Waals surface area contributed by atoms with Gasteiger partial charge in [0.2, 0.25) is 5.91 Å². The van der Waals surface area contributed by atoms with Crippen LogP contribution in [-0.2, 0) is 14.3 Å². The molecule has 0 heterocycles. The molecular formula is C15H25NO4. The summed E-state index contributed by atoms with van der Waals surface area (Å²) in [6.07, 6.45) is 5.70. The molecule has 0 aromatic carbocycles. The summed E-state index contributed by atoms with van der Waals surface area (Å²) >= 11 is 0. The maximum Gasteiger partial charge on any atom is 0.307 e. The van der Waals surface area contributed by atoms with Gasteiger partial charge in [-0.05, 0) is 31.6 Å². The number of carboxylic acids is 1. The Morgan fingerprint density at radius 3 is 2.40 bits per heavy atom. The van der Waals surface area contributed by atoms with Crippen LogP contribution in [0.1, 0.15) is 38.5 Å². The van der Waals surface area contributed by atoms with Crippen molar-refractivity contribution in [3.63, 3.8) is 0 Å². The molecular weight excluding hydrogens is 258 g/mol. The summed E-state index contributed by atoms with van der Waals surface area (Å²) < 4.78 is 5.53. The molecule has 0 aliphatic heterocycles. The maximum atomic E-state index is 12.4. The first-order valence-electron chi connectivity index (χ1n) is 7.65. The molecule has 5 nitrogen and oxygen atoms in total. The number of amides is 1. The molecule has 1 N–H and O–H groups in total.